The molecule has 0 saturated heterocycles. The van der Waals surface area contributed by atoms with Crippen LogP contribution < -0.4 is 5.73 Å². The minimum absolute atomic E-state index is 0.165. The number of fused-ring (bicyclic) bond motifs is 1. The molecule has 0 aliphatic heterocycles. The van der Waals surface area contributed by atoms with Gasteiger partial charge >= 0.3 is 0 Å². The van der Waals surface area contributed by atoms with Gasteiger partial charge in [-0.2, -0.15) is 5.26 Å². The van der Waals surface area contributed by atoms with E-state index in [1.165, 1.54) is 0 Å². The second-order valence-electron chi connectivity index (χ2n) is 5.12. The van der Waals surface area contributed by atoms with Crippen molar-refractivity contribution in [2.45, 2.75) is 26.2 Å². The number of rotatable bonds is 0. The fourth-order valence-corrected chi connectivity index (χ4v) is 3.00. The summed E-state index contributed by atoms with van der Waals surface area (Å²) in [6, 6.07) is 2.80. The van der Waals surface area contributed by atoms with Gasteiger partial charge in [0.1, 0.15) is 22.7 Å². The molecule has 1 aromatic heterocycles. The van der Waals surface area contributed by atoms with Crippen LogP contribution in [0, 0.1) is 23.0 Å². The van der Waals surface area contributed by atoms with Gasteiger partial charge in [-0.1, -0.05) is 20.8 Å². The van der Waals surface area contributed by atoms with Gasteiger partial charge in [-0.05, 0) is 5.41 Å². The van der Waals surface area contributed by atoms with Crippen LogP contribution in [0.2, 0.25) is 0 Å². The van der Waals surface area contributed by atoms with Crippen molar-refractivity contribution in [1.82, 2.24) is 0 Å². The Bertz CT molecular complexity index is 675. The Kier molecular flexibility index (Phi) is 2.78. The molecule has 5 heteroatoms. The summed E-state index contributed by atoms with van der Waals surface area (Å²) in [5.41, 5.74) is 5.67. The van der Waals surface area contributed by atoms with Crippen molar-refractivity contribution in [3.8, 4) is 6.07 Å². The van der Waals surface area contributed by atoms with Crippen LogP contribution >= 0.6 is 11.3 Å². The topological polar surface area (TPSA) is 49.8 Å². The lowest BCUT2D eigenvalue weighted by molar-refractivity contribution is 0.520. The van der Waals surface area contributed by atoms with Crippen molar-refractivity contribution >= 4 is 26.4 Å². The molecule has 94 valence electrons. The molecule has 2 rings (SSSR count). The van der Waals surface area contributed by atoms with E-state index in [-0.39, 0.29) is 15.3 Å². The fraction of sp³-hybridized carbons (Fsp3) is 0.308. The normalized spacial score (nSPS) is 11.8. The van der Waals surface area contributed by atoms with Crippen LogP contribution in [-0.4, -0.2) is 0 Å². The molecule has 18 heavy (non-hydrogen) atoms. The quantitative estimate of drug-likeness (QED) is 0.785. The molecule has 1 aromatic carbocycles. The SMILES string of the molecule is CC(C)(C)c1c(F)cc(F)c2sc(N)c(C#N)c12. The molecule has 0 amide bonds. The molecule has 0 aliphatic rings. The van der Waals surface area contributed by atoms with E-state index in [0.717, 1.165) is 17.4 Å². The third-order valence-corrected chi connectivity index (χ3v) is 3.78. The molecule has 0 fully saturated rings. The largest absolute Gasteiger partial charge is 0.389 e. The van der Waals surface area contributed by atoms with E-state index < -0.39 is 17.0 Å². The van der Waals surface area contributed by atoms with Crippen molar-refractivity contribution in [1.29, 1.82) is 5.26 Å². The highest BCUT2D eigenvalue weighted by Gasteiger charge is 2.27. The summed E-state index contributed by atoms with van der Waals surface area (Å²) in [6.45, 7) is 5.45. The van der Waals surface area contributed by atoms with Crippen molar-refractivity contribution in [3.63, 3.8) is 0 Å². The molecular weight excluding hydrogens is 254 g/mol. The first-order chi connectivity index (χ1) is 8.27. The summed E-state index contributed by atoms with van der Waals surface area (Å²) in [5, 5.41) is 9.64. The van der Waals surface area contributed by atoms with Gasteiger partial charge in [0.25, 0.3) is 0 Å². The molecular formula is C13H12F2N2S. The first-order valence-corrected chi connectivity index (χ1v) is 6.19. The minimum Gasteiger partial charge on any atom is -0.389 e. The Balaban J connectivity index is 3.07. The maximum absolute atomic E-state index is 14.0. The second-order valence-corrected chi connectivity index (χ2v) is 6.17. The number of thiophene rings is 1. The van der Waals surface area contributed by atoms with E-state index in [4.69, 9.17) is 11.0 Å². The third kappa shape index (κ3) is 1.73. The number of anilines is 1. The van der Waals surface area contributed by atoms with E-state index >= 15 is 0 Å². The average Bonchev–Trinajstić information content (AvgIpc) is 2.53. The highest BCUT2D eigenvalue weighted by atomic mass is 32.1. The Labute approximate surface area is 108 Å². The van der Waals surface area contributed by atoms with Crippen LogP contribution in [-0.2, 0) is 5.41 Å². The summed E-state index contributed by atoms with van der Waals surface area (Å²) < 4.78 is 28.0. The zero-order valence-corrected chi connectivity index (χ0v) is 11.1. The van der Waals surface area contributed by atoms with Crippen molar-refractivity contribution in [2.24, 2.45) is 0 Å². The predicted octanol–water partition coefficient (Wildman–Crippen LogP) is 3.93. The average molecular weight is 266 g/mol. The summed E-state index contributed by atoms with van der Waals surface area (Å²) in [5.74, 6) is -1.31. The zero-order chi connectivity index (χ0) is 13.7. The second kappa shape index (κ2) is 3.92. The van der Waals surface area contributed by atoms with Crippen LogP contribution in [0.25, 0.3) is 10.1 Å². The van der Waals surface area contributed by atoms with Crippen molar-refractivity contribution in [3.05, 3.63) is 28.8 Å². The molecule has 0 saturated carbocycles. The van der Waals surface area contributed by atoms with Gasteiger partial charge in [0.15, 0.2) is 0 Å². The lowest BCUT2D eigenvalue weighted by atomic mass is 9.83. The molecule has 2 nitrogen and oxygen atoms in total. The van der Waals surface area contributed by atoms with Crippen molar-refractivity contribution < 1.29 is 8.78 Å². The number of nitrogen functional groups attached to an aromatic ring is 1. The van der Waals surface area contributed by atoms with Crippen LogP contribution in [0.4, 0.5) is 13.8 Å². The fourth-order valence-electron chi connectivity index (χ4n) is 2.07. The third-order valence-electron chi connectivity index (χ3n) is 2.76. The maximum Gasteiger partial charge on any atom is 0.144 e. The van der Waals surface area contributed by atoms with Crippen LogP contribution in [0.1, 0.15) is 31.9 Å². The minimum atomic E-state index is -0.672. The van der Waals surface area contributed by atoms with Crippen LogP contribution in [0.15, 0.2) is 6.07 Å². The molecule has 0 spiro atoms. The van der Waals surface area contributed by atoms with Crippen molar-refractivity contribution in [2.75, 3.05) is 5.73 Å². The smallest absolute Gasteiger partial charge is 0.144 e. The highest BCUT2D eigenvalue weighted by Crippen LogP contribution is 2.42. The van der Waals surface area contributed by atoms with Crippen LogP contribution in [0.5, 0.6) is 0 Å². The molecule has 0 unspecified atom stereocenters. The standard InChI is InChI=1S/C13H12F2N2S/c1-13(2,3)10-7(14)4-8(15)11-9(10)6(5-16)12(17)18-11/h4H,17H2,1-3H3. The predicted molar refractivity (Wildman–Crippen MR) is 69.6 cm³/mol. The lowest BCUT2D eigenvalue weighted by Gasteiger charge is -2.21. The first-order valence-electron chi connectivity index (χ1n) is 5.38. The molecule has 0 bridgehead atoms. The van der Waals surface area contributed by atoms with Gasteiger partial charge in [0.2, 0.25) is 0 Å². The molecule has 0 radical (unpaired) electrons. The molecule has 1 heterocycles. The van der Waals surface area contributed by atoms with E-state index in [1.54, 1.807) is 0 Å². The number of nitrogens with zero attached hydrogens (tertiary/aromatic N) is 1. The number of nitriles is 1. The van der Waals surface area contributed by atoms with Crippen LogP contribution in [0.3, 0.4) is 0 Å². The molecule has 0 atom stereocenters. The zero-order valence-electron chi connectivity index (χ0n) is 10.3. The Hall–Kier alpha value is -1.67. The number of benzene rings is 1. The molecule has 0 aliphatic carbocycles. The maximum atomic E-state index is 14.0. The molecule has 2 aromatic rings. The highest BCUT2D eigenvalue weighted by molar-refractivity contribution is 7.23. The number of hydrogen-bond donors (Lipinski definition) is 1. The number of halogens is 2. The van der Waals surface area contributed by atoms with E-state index in [0.29, 0.717) is 10.9 Å². The Morgan fingerprint density at radius 2 is 1.89 bits per heavy atom. The van der Waals surface area contributed by atoms with E-state index in [9.17, 15) is 8.78 Å². The molecule has 2 N–H and O–H groups in total. The monoisotopic (exact) mass is 266 g/mol. The Morgan fingerprint density at radius 3 is 2.39 bits per heavy atom. The Morgan fingerprint density at radius 1 is 1.28 bits per heavy atom. The number of hydrogen-bond acceptors (Lipinski definition) is 3. The lowest BCUT2D eigenvalue weighted by Crippen LogP contribution is -2.15. The summed E-state index contributed by atoms with van der Waals surface area (Å²) in [6.07, 6.45) is 0. The summed E-state index contributed by atoms with van der Waals surface area (Å²) in [7, 11) is 0. The van der Waals surface area contributed by atoms with Gasteiger partial charge < -0.3 is 5.73 Å². The first kappa shape index (κ1) is 12.8. The van der Waals surface area contributed by atoms with Gasteiger partial charge in [0, 0.05) is 17.0 Å². The van der Waals surface area contributed by atoms with E-state index in [1.807, 2.05) is 26.8 Å². The number of nitrogens with two attached hydrogens (primary N) is 1. The van der Waals surface area contributed by atoms with Gasteiger partial charge in [-0.15, -0.1) is 11.3 Å². The van der Waals surface area contributed by atoms with E-state index in [2.05, 4.69) is 0 Å². The van der Waals surface area contributed by atoms with Gasteiger partial charge in [-0.25, -0.2) is 8.78 Å². The summed E-state index contributed by atoms with van der Waals surface area (Å²) in [4.78, 5) is 0. The van der Waals surface area contributed by atoms with Gasteiger partial charge in [-0.3, -0.25) is 0 Å². The van der Waals surface area contributed by atoms with Gasteiger partial charge in [0.05, 0.1) is 10.3 Å². The summed E-state index contributed by atoms with van der Waals surface area (Å²) >= 11 is 0.983.